The number of nitrogens with zero attached hydrogens (tertiary/aromatic N) is 1. The van der Waals surface area contributed by atoms with Gasteiger partial charge in [0.15, 0.2) is 0 Å². The van der Waals surface area contributed by atoms with Gasteiger partial charge in [-0.1, -0.05) is 0 Å². The molecule has 1 aliphatic carbocycles. The van der Waals surface area contributed by atoms with Crippen molar-refractivity contribution in [2.24, 2.45) is 3.74 Å². The van der Waals surface area contributed by atoms with Crippen LogP contribution < -0.4 is 0 Å². The van der Waals surface area contributed by atoms with Gasteiger partial charge in [0.25, 0.3) is 13.6 Å². The third-order valence-electron chi connectivity index (χ3n) is 0.892. The first-order valence-electron chi connectivity index (χ1n) is 2.69. The summed E-state index contributed by atoms with van der Waals surface area (Å²) < 4.78 is 4.20. The van der Waals surface area contributed by atoms with Crippen molar-refractivity contribution in [1.82, 2.24) is 0 Å². The van der Waals surface area contributed by atoms with Gasteiger partial charge in [-0.15, -0.1) is 0 Å². The van der Waals surface area contributed by atoms with E-state index in [-0.39, 0.29) is 0 Å². The summed E-state index contributed by atoms with van der Waals surface area (Å²) in [6, 6.07) is 0. The van der Waals surface area contributed by atoms with Crippen LogP contribution >= 0.6 is 0 Å². The summed E-state index contributed by atoms with van der Waals surface area (Å²) in [5, 5.41) is 0. The van der Waals surface area contributed by atoms with Crippen LogP contribution in [0, 0.1) is 4.91 Å². The number of hydrogen-bond donors (Lipinski definition) is 0. The van der Waals surface area contributed by atoms with Crippen LogP contribution in [-0.4, -0.2) is 13.6 Å². The topological polar surface area (TPSA) is 63.6 Å². The van der Waals surface area contributed by atoms with Crippen LogP contribution in [0.2, 0.25) is 0 Å². The summed E-state index contributed by atoms with van der Waals surface area (Å²) in [6.45, 7) is 9.00. The summed E-state index contributed by atoms with van der Waals surface area (Å²) in [7, 11) is 0. The SMILES string of the molecule is O=[N][W][C]1=CC=CC1.[C]=O.[C]=O. The van der Waals surface area contributed by atoms with Crippen molar-refractivity contribution in [3.8, 4) is 0 Å². The molecule has 0 aromatic heterocycles. The standard InChI is InChI=1S/C5H5.2CO.NO.W/c1-2-4-5-3-1;3*1-2;/h1-3H,4H2;;;;/q;;;-1;+1. The monoisotopic (exact) mass is 335 g/mol. The van der Waals surface area contributed by atoms with Crippen molar-refractivity contribution in [1.29, 1.82) is 0 Å². The van der Waals surface area contributed by atoms with Crippen LogP contribution in [0.1, 0.15) is 6.42 Å². The van der Waals surface area contributed by atoms with E-state index < -0.39 is 18.8 Å². The molecule has 0 unspecified atom stereocenters. The summed E-state index contributed by atoms with van der Waals surface area (Å²) in [5.74, 6) is 0. The summed E-state index contributed by atoms with van der Waals surface area (Å²) >= 11 is -0.951. The molecule has 0 aromatic carbocycles. The normalized spacial score (nSPS) is 11.5. The summed E-state index contributed by atoms with van der Waals surface area (Å²) in [5.41, 5.74) is 0. The van der Waals surface area contributed by atoms with Crippen molar-refractivity contribution in [2.75, 3.05) is 0 Å². The molecule has 4 radical (unpaired) electrons. The van der Waals surface area contributed by atoms with Crippen molar-refractivity contribution < 1.29 is 28.4 Å². The van der Waals surface area contributed by atoms with Gasteiger partial charge in [0.1, 0.15) is 0 Å². The Kier molecular flexibility index (Phi) is 14.5. The van der Waals surface area contributed by atoms with Gasteiger partial charge in [0.05, 0.1) is 0 Å². The van der Waals surface area contributed by atoms with Crippen LogP contribution in [-0.2, 0) is 28.4 Å². The van der Waals surface area contributed by atoms with Crippen molar-refractivity contribution in [3.63, 3.8) is 0 Å². The molecule has 0 spiro atoms. The number of hydrogen-bond acceptors (Lipinski definition) is 4. The third kappa shape index (κ3) is 7.22. The second kappa shape index (κ2) is 12.8. The van der Waals surface area contributed by atoms with Gasteiger partial charge < -0.3 is 0 Å². The fourth-order valence-corrected chi connectivity index (χ4v) is 2.00. The van der Waals surface area contributed by atoms with E-state index in [1.165, 1.54) is 3.96 Å². The first-order valence-corrected chi connectivity index (χ1v) is 5.47. The molecule has 0 fully saturated rings. The van der Waals surface area contributed by atoms with E-state index in [0.29, 0.717) is 0 Å². The minimum atomic E-state index is -0.951. The molecule has 0 aromatic rings. The fourth-order valence-electron chi connectivity index (χ4n) is 0.543. The van der Waals surface area contributed by atoms with Gasteiger partial charge in [-0.3, -0.25) is 9.59 Å². The van der Waals surface area contributed by atoms with E-state index >= 15 is 0 Å². The van der Waals surface area contributed by atoms with Gasteiger partial charge in [0, 0.05) is 0 Å². The molecule has 1 aliphatic rings. The maximum absolute atomic E-state index is 9.72. The number of allylic oxidation sites excluding steroid dienone is 4. The average Bonchev–Trinajstić information content (AvgIpc) is 2.65. The van der Waals surface area contributed by atoms with Gasteiger partial charge in [-0.05, 0) is 0 Å². The van der Waals surface area contributed by atoms with Crippen LogP contribution in [0.5, 0.6) is 0 Å². The second-order valence-corrected chi connectivity index (χ2v) is 4.51. The zero-order chi connectivity index (χ0) is 9.82. The first kappa shape index (κ1) is 13.7. The molecule has 0 aliphatic heterocycles. The molecular weight excluding hydrogens is 330 g/mol. The van der Waals surface area contributed by atoms with E-state index in [4.69, 9.17) is 9.59 Å². The minimum Gasteiger partial charge on any atom is -0.281 e. The Labute approximate surface area is 79.5 Å². The van der Waals surface area contributed by atoms with E-state index in [0.717, 1.165) is 6.42 Å². The molecule has 0 amide bonds. The quantitative estimate of drug-likeness (QED) is 0.702. The molecule has 0 heterocycles. The van der Waals surface area contributed by atoms with Crippen LogP contribution in [0.25, 0.3) is 0 Å². The molecule has 0 N–H and O–H groups in total. The molecule has 0 atom stereocenters. The van der Waals surface area contributed by atoms with Gasteiger partial charge in [0.2, 0.25) is 0 Å². The van der Waals surface area contributed by atoms with Gasteiger partial charge in [-0.25, -0.2) is 0 Å². The largest absolute Gasteiger partial charge is 0.281 e. The number of rotatable bonds is 2. The summed E-state index contributed by atoms with van der Waals surface area (Å²) in [6.07, 6.45) is 7.03. The average molecular weight is 335 g/mol. The molecule has 4 nitrogen and oxygen atoms in total. The predicted octanol–water partition coefficient (Wildman–Crippen LogP) is 0.800. The van der Waals surface area contributed by atoms with Crippen molar-refractivity contribution in [3.05, 3.63) is 27.1 Å². The van der Waals surface area contributed by atoms with E-state index in [2.05, 4.69) is 23.4 Å². The van der Waals surface area contributed by atoms with E-state index in [9.17, 15) is 4.91 Å². The molecular formula is C7H5NO3W. The maximum atomic E-state index is 9.72. The zero-order valence-electron chi connectivity index (χ0n) is 6.02. The van der Waals surface area contributed by atoms with Gasteiger partial charge >= 0.3 is 56.1 Å². The van der Waals surface area contributed by atoms with E-state index in [1.54, 1.807) is 0 Å². The Hall–Kier alpha value is -0.892. The van der Waals surface area contributed by atoms with Gasteiger partial charge in [-0.2, -0.15) is 0 Å². The Bertz CT molecular complexity index is 177. The van der Waals surface area contributed by atoms with E-state index in [1.807, 2.05) is 12.2 Å². The summed E-state index contributed by atoms with van der Waals surface area (Å²) in [4.78, 5) is 24.7. The molecule has 0 saturated carbocycles. The third-order valence-corrected chi connectivity index (χ3v) is 3.09. The molecule has 0 bridgehead atoms. The van der Waals surface area contributed by atoms with Crippen LogP contribution in [0.15, 0.2) is 25.9 Å². The molecule has 0 saturated heterocycles. The predicted molar refractivity (Wildman–Crippen MR) is 39.0 cm³/mol. The minimum absolute atomic E-state index is 0.951. The van der Waals surface area contributed by atoms with Crippen molar-refractivity contribution in [2.45, 2.75) is 6.42 Å². The molecule has 62 valence electrons. The van der Waals surface area contributed by atoms with Crippen molar-refractivity contribution >= 4 is 13.6 Å². The number of carbonyl (C=O) groups excluding carboxylic acids is 2. The fraction of sp³-hybridized carbons (Fsp3) is 0.143. The molecule has 5 heteroatoms. The smallest absolute Gasteiger partial charge is 0.281 e. The van der Waals surface area contributed by atoms with Crippen LogP contribution in [0.3, 0.4) is 0 Å². The number of nitroso groups, excluding NO2 is 1. The Morgan fingerprint density at radius 2 is 1.92 bits per heavy atom. The Morgan fingerprint density at radius 3 is 2.25 bits per heavy atom. The van der Waals surface area contributed by atoms with Crippen LogP contribution in [0.4, 0.5) is 0 Å². The first-order chi connectivity index (χ1) is 5.93. The Balaban J connectivity index is 0. The maximum Gasteiger partial charge on any atom is 0.281 e. The molecule has 1 rings (SSSR count). The molecule has 12 heavy (non-hydrogen) atoms. The zero-order valence-corrected chi connectivity index (χ0v) is 8.95. The Morgan fingerprint density at radius 1 is 1.33 bits per heavy atom. The second-order valence-electron chi connectivity index (χ2n) is 1.43.